The summed E-state index contributed by atoms with van der Waals surface area (Å²) in [5.74, 6) is -0.662. The highest BCUT2D eigenvalue weighted by Crippen LogP contribution is 2.28. The van der Waals surface area contributed by atoms with Gasteiger partial charge in [-0.3, -0.25) is 13.9 Å². The summed E-state index contributed by atoms with van der Waals surface area (Å²) < 4.78 is 29.4. The molecule has 0 radical (unpaired) electrons. The molecule has 41 heavy (non-hydrogen) atoms. The smallest absolute Gasteiger partial charge is 0.264 e. The summed E-state index contributed by atoms with van der Waals surface area (Å²) in [4.78, 5) is 29.2. The maximum Gasteiger partial charge on any atom is 0.264 e. The van der Waals surface area contributed by atoms with Crippen molar-refractivity contribution in [1.82, 2.24) is 10.2 Å². The van der Waals surface area contributed by atoms with Gasteiger partial charge in [-0.05, 0) is 74.9 Å². The zero-order valence-electron chi connectivity index (χ0n) is 24.5. The van der Waals surface area contributed by atoms with Crippen LogP contribution in [0.15, 0.2) is 77.7 Å². The number of nitrogens with zero attached hydrogens (tertiary/aromatic N) is 2. The second kappa shape index (κ2) is 13.3. The lowest BCUT2D eigenvalue weighted by Gasteiger charge is -2.33. The van der Waals surface area contributed by atoms with Crippen LogP contribution in [0.2, 0.25) is 0 Å². The minimum atomic E-state index is -4.09. The molecule has 0 aromatic heterocycles. The molecule has 2 amide bonds. The quantitative estimate of drug-likeness (QED) is 0.325. The topological polar surface area (TPSA) is 86.8 Å². The average Bonchev–Trinajstić information content (AvgIpc) is 3.48. The van der Waals surface area contributed by atoms with E-state index in [1.165, 1.54) is 9.21 Å². The monoisotopic (exact) mass is 575 g/mol. The number of sulfonamides is 1. The van der Waals surface area contributed by atoms with E-state index in [0.29, 0.717) is 12.1 Å². The van der Waals surface area contributed by atoms with Crippen molar-refractivity contribution < 1.29 is 18.0 Å². The van der Waals surface area contributed by atoms with Crippen LogP contribution in [0.3, 0.4) is 0 Å². The lowest BCUT2D eigenvalue weighted by Crippen LogP contribution is -2.52. The third-order valence-corrected chi connectivity index (χ3v) is 9.77. The summed E-state index contributed by atoms with van der Waals surface area (Å²) in [6.07, 6.45) is 4.61. The van der Waals surface area contributed by atoms with Gasteiger partial charge < -0.3 is 10.2 Å². The largest absolute Gasteiger partial charge is 0.352 e. The SMILES string of the molecule is CCc1ccccc1N(CC(=O)N(Cc1ccccc1C)[C@@H](C)C(=O)NC1CCCC1)S(=O)(=O)c1ccc(C)cc1. The molecule has 1 saturated carbocycles. The number of hydrogen-bond donors (Lipinski definition) is 1. The molecule has 1 fully saturated rings. The van der Waals surface area contributed by atoms with Crippen LogP contribution in [0.5, 0.6) is 0 Å². The van der Waals surface area contributed by atoms with Gasteiger partial charge in [0.15, 0.2) is 0 Å². The standard InChI is InChI=1S/C33H41N3O4S/c1-5-27-13-8-11-17-31(27)36(41(39,40)30-20-18-24(2)19-21-30)23-32(37)35(22-28-14-7-6-12-25(28)3)26(4)33(38)34-29-15-9-10-16-29/h6-8,11-14,17-21,26,29H,5,9-10,15-16,22-23H2,1-4H3,(H,34,38)/t26-/m0/s1. The first-order chi connectivity index (χ1) is 19.6. The second-order valence-electron chi connectivity index (χ2n) is 10.9. The van der Waals surface area contributed by atoms with Crippen LogP contribution in [0.4, 0.5) is 5.69 Å². The Morgan fingerprint density at radius 3 is 2.15 bits per heavy atom. The zero-order valence-corrected chi connectivity index (χ0v) is 25.3. The van der Waals surface area contributed by atoms with Crippen LogP contribution in [0.1, 0.15) is 61.8 Å². The van der Waals surface area contributed by atoms with Gasteiger partial charge in [0.1, 0.15) is 12.6 Å². The average molecular weight is 576 g/mol. The molecule has 4 rings (SSSR count). The van der Waals surface area contributed by atoms with E-state index < -0.39 is 28.5 Å². The second-order valence-corrected chi connectivity index (χ2v) is 12.8. The molecule has 0 spiro atoms. The maximum atomic E-state index is 14.2. The Kier molecular flexibility index (Phi) is 9.86. The number of aryl methyl sites for hydroxylation is 3. The van der Waals surface area contributed by atoms with Gasteiger partial charge >= 0.3 is 0 Å². The molecule has 0 aliphatic heterocycles. The molecule has 0 saturated heterocycles. The van der Waals surface area contributed by atoms with Gasteiger partial charge in [0, 0.05) is 12.6 Å². The van der Waals surface area contributed by atoms with Crippen LogP contribution in [-0.2, 0) is 32.6 Å². The van der Waals surface area contributed by atoms with E-state index in [-0.39, 0.29) is 23.4 Å². The Hall–Kier alpha value is -3.65. The molecular weight excluding hydrogens is 534 g/mol. The number of rotatable bonds is 11. The Bertz CT molecular complexity index is 1460. The van der Waals surface area contributed by atoms with Gasteiger partial charge in [-0.2, -0.15) is 0 Å². The van der Waals surface area contributed by atoms with Gasteiger partial charge in [-0.1, -0.05) is 79.9 Å². The molecular formula is C33H41N3O4S. The molecule has 1 atom stereocenters. The highest BCUT2D eigenvalue weighted by Gasteiger charge is 2.34. The molecule has 8 heteroatoms. The van der Waals surface area contributed by atoms with Crippen LogP contribution in [0, 0.1) is 13.8 Å². The highest BCUT2D eigenvalue weighted by molar-refractivity contribution is 7.92. The summed E-state index contributed by atoms with van der Waals surface area (Å²) in [6.45, 7) is 7.30. The van der Waals surface area contributed by atoms with E-state index >= 15 is 0 Å². The minimum Gasteiger partial charge on any atom is -0.352 e. The maximum absolute atomic E-state index is 14.2. The van der Waals surface area contributed by atoms with Crippen molar-refractivity contribution in [2.24, 2.45) is 0 Å². The molecule has 1 aliphatic rings. The molecule has 7 nitrogen and oxygen atoms in total. The fraction of sp³-hybridized carbons (Fsp3) is 0.394. The predicted octanol–water partition coefficient (Wildman–Crippen LogP) is 5.54. The van der Waals surface area contributed by atoms with Gasteiger partial charge in [0.05, 0.1) is 10.6 Å². The van der Waals surface area contributed by atoms with Gasteiger partial charge in [-0.25, -0.2) is 8.42 Å². The molecule has 0 bridgehead atoms. The normalized spacial score (nSPS) is 14.4. The molecule has 1 aliphatic carbocycles. The summed E-state index contributed by atoms with van der Waals surface area (Å²) in [5, 5.41) is 3.11. The molecule has 3 aromatic rings. The van der Waals surface area contributed by atoms with E-state index in [0.717, 1.165) is 47.9 Å². The Morgan fingerprint density at radius 1 is 0.902 bits per heavy atom. The van der Waals surface area contributed by atoms with E-state index in [4.69, 9.17) is 0 Å². The zero-order chi connectivity index (χ0) is 29.6. The summed E-state index contributed by atoms with van der Waals surface area (Å²) in [6, 6.07) is 20.9. The lowest BCUT2D eigenvalue weighted by molar-refractivity contribution is -0.139. The number of anilines is 1. The summed E-state index contributed by atoms with van der Waals surface area (Å²) in [5.41, 5.74) is 4.11. The van der Waals surface area contributed by atoms with Crippen molar-refractivity contribution in [3.63, 3.8) is 0 Å². The number of hydrogen-bond acceptors (Lipinski definition) is 4. The highest BCUT2D eigenvalue weighted by atomic mass is 32.2. The van der Waals surface area contributed by atoms with E-state index in [1.54, 1.807) is 43.3 Å². The molecule has 218 valence electrons. The number of carbonyl (C=O) groups excluding carboxylic acids is 2. The van der Waals surface area contributed by atoms with Crippen molar-refractivity contribution in [2.45, 2.75) is 83.3 Å². The number of para-hydroxylation sites is 1. The number of benzene rings is 3. The number of carbonyl (C=O) groups is 2. The Labute approximate surface area is 244 Å². The van der Waals surface area contributed by atoms with Crippen LogP contribution < -0.4 is 9.62 Å². The molecule has 3 aromatic carbocycles. The van der Waals surface area contributed by atoms with Crippen molar-refractivity contribution in [3.05, 3.63) is 95.1 Å². The van der Waals surface area contributed by atoms with Crippen LogP contribution in [-0.4, -0.2) is 43.8 Å². The summed E-state index contributed by atoms with van der Waals surface area (Å²) >= 11 is 0. The Balaban J connectivity index is 1.72. The van der Waals surface area contributed by atoms with Gasteiger partial charge in [0.25, 0.3) is 10.0 Å². The van der Waals surface area contributed by atoms with E-state index in [2.05, 4.69) is 5.32 Å². The number of nitrogens with one attached hydrogen (secondary N) is 1. The van der Waals surface area contributed by atoms with E-state index in [9.17, 15) is 18.0 Å². The third-order valence-electron chi connectivity index (χ3n) is 8.00. The third kappa shape index (κ3) is 7.17. The first kappa shape index (κ1) is 30.3. The van der Waals surface area contributed by atoms with Gasteiger partial charge in [-0.15, -0.1) is 0 Å². The van der Waals surface area contributed by atoms with Crippen molar-refractivity contribution >= 4 is 27.5 Å². The van der Waals surface area contributed by atoms with Crippen molar-refractivity contribution in [2.75, 3.05) is 10.8 Å². The number of amides is 2. The minimum absolute atomic E-state index is 0.107. The fourth-order valence-corrected chi connectivity index (χ4v) is 6.80. The molecule has 0 heterocycles. The first-order valence-electron chi connectivity index (χ1n) is 14.4. The fourth-order valence-electron chi connectivity index (χ4n) is 5.35. The summed E-state index contributed by atoms with van der Waals surface area (Å²) in [7, 11) is -4.09. The van der Waals surface area contributed by atoms with Crippen LogP contribution >= 0.6 is 0 Å². The van der Waals surface area contributed by atoms with Crippen LogP contribution in [0.25, 0.3) is 0 Å². The van der Waals surface area contributed by atoms with Gasteiger partial charge in [0.2, 0.25) is 11.8 Å². The predicted molar refractivity (Wildman–Crippen MR) is 163 cm³/mol. The molecule has 0 unspecified atom stereocenters. The van der Waals surface area contributed by atoms with Crippen molar-refractivity contribution in [1.29, 1.82) is 0 Å². The Morgan fingerprint density at radius 2 is 1.51 bits per heavy atom. The lowest BCUT2D eigenvalue weighted by atomic mass is 10.1. The van der Waals surface area contributed by atoms with Crippen molar-refractivity contribution in [3.8, 4) is 0 Å². The first-order valence-corrected chi connectivity index (χ1v) is 15.9. The molecule has 1 N–H and O–H groups in total. The van der Waals surface area contributed by atoms with E-state index in [1.807, 2.05) is 57.2 Å².